The number of alkyl halides is 3. The molecule has 0 bridgehead atoms. The third kappa shape index (κ3) is 6.48. The van der Waals surface area contributed by atoms with Gasteiger partial charge in [-0.3, -0.25) is 19.3 Å². The van der Waals surface area contributed by atoms with Crippen LogP contribution >= 0.6 is 12.6 Å². The number of benzene rings is 1. The molecule has 1 fully saturated rings. The van der Waals surface area contributed by atoms with E-state index in [4.69, 9.17) is 5.26 Å². The van der Waals surface area contributed by atoms with Crippen molar-refractivity contribution in [3.63, 3.8) is 0 Å². The smallest absolute Gasteiger partial charge is 0.331 e. The number of hydrogen-bond acceptors (Lipinski definition) is 5. The zero-order valence-corrected chi connectivity index (χ0v) is 21.0. The number of unbranched alkanes of at least 4 members (excludes halogenated alkanes) is 4. The molecule has 0 spiro atoms. The average Bonchev–Trinajstić information content (AvgIpc) is 3.05. The fourth-order valence-corrected chi connectivity index (χ4v) is 4.75. The second-order valence-corrected chi connectivity index (χ2v) is 9.40. The molecule has 0 atom stereocenters. The number of hydrogen-bond donors (Lipinski definition) is 1. The van der Waals surface area contributed by atoms with Gasteiger partial charge < -0.3 is 4.90 Å². The molecule has 1 aromatic rings. The summed E-state index contributed by atoms with van der Waals surface area (Å²) in [5, 5.41) is 8.78. The molecule has 3 amide bonds. The summed E-state index contributed by atoms with van der Waals surface area (Å²) in [6, 6.07) is 4.34. The quantitative estimate of drug-likeness (QED) is 0.287. The largest absolute Gasteiger partial charge is 0.417 e. The molecule has 0 N–H and O–H groups in total. The maximum absolute atomic E-state index is 13.3. The molecule has 194 valence electrons. The van der Waals surface area contributed by atoms with Gasteiger partial charge in [-0.15, -0.1) is 0 Å². The van der Waals surface area contributed by atoms with E-state index in [0.717, 1.165) is 56.3 Å². The van der Waals surface area contributed by atoms with Gasteiger partial charge >= 0.3 is 6.18 Å². The van der Waals surface area contributed by atoms with Gasteiger partial charge in [0.05, 0.1) is 22.9 Å². The second-order valence-electron chi connectivity index (χ2n) is 9.02. The highest BCUT2D eigenvalue weighted by molar-refractivity contribution is 7.96. The van der Waals surface area contributed by atoms with E-state index in [9.17, 15) is 27.6 Å². The molecule has 0 aliphatic carbocycles. The molecular weight excluding hydrogens is 493 g/mol. The Labute approximate surface area is 213 Å². The molecule has 2 heterocycles. The number of carbonyl (C=O) groups excluding carboxylic acids is 3. The second kappa shape index (κ2) is 11.9. The van der Waals surface area contributed by atoms with Crippen molar-refractivity contribution in [3.05, 3.63) is 40.5 Å². The van der Waals surface area contributed by atoms with Crippen LogP contribution in [0.4, 0.5) is 23.7 Å². The highest BCUT2D eigenvalue weighted by atomic mass is 32.1. The molecule has 0 saturated carbocycles. The van der Waals surface area contributed by atoms with Crippen LogP contribution in [0.5, 0.6) is 0 Å². The summed E-state index contributed by atoms with van der Waals surface area (Å²) >= 11 is 3.85. The average molecular weight is 523 g/mol. The van der Waals surface area contributed by atoms with Crippen LogP contribution in [0.2, 0.25) is 0 Å². The molecule has 1 aromatic carbocycles. The molecular formula is C25H29F3N4O3S. The van der Waals surface area contributed by atoms with Crippen molar-refractivity contribution < 1.29 is 27.6 Å². The van der Waals surface area contributed by atoms with Gasteiger partial charge in [0.15, 0.2) is 0 Å². The Hall–Kier alpha value is -2.84. The Morgan fingerprint density at radius 2 is 1.67 bits per heavy atom. The molecule has 2 aliphatic heterocycles. The third-order valence-electron chi connectivity index (χ3n) is 6.67. The zero-order valence-electron chi connectivity index (χ0n) is 20.1. The first-order valence-corrected chi connectivity index (χ1v) is 12.4. The first-order valence-electron chi connectivity index (χ1n) is 11.9. The Morgan fingerprint density at radius 3 is 2.28 bits per heavy atom. The third-order valence-corrected chi connectivity index (χ3v) is 6.95. The SMILES string of the molecule is CC1=C(CCCCCCCN2CCN(C(=O)S)CC2)C(=O)N(c2ccc(C#N)c(C(F)(F)F)c2)C1=O. The zero-order chi connectivity index (χ0) is 26.5. The summed E-state index contributed by atoms with van der Waals surface area (Å²) in [6.45, 7) is 5.56. The molecule has 7 nitrogen and oxygen atoms in total. The van der Waals surface area contributed by atoms with Crippen LogP contribution < -0.4 is 4.90 Å². The van der Waals surface area contributed by atoms with Crippen molar-refractivity contribution in [2.45, 2.75) is 51.6 Å². The van der Waals surface area contributed by atoms with Gasteiger partial charge in [-0.25, -0.2) is 4.90 Å². The van der Waals surface area contributed by atoms with Gasteiger partial charge in [0, 0.05) is 37.3 Å². The summed E-state index contributed by atoms with van der Waals surface area (Å²) in [6.07, 6.45) is 0.194. The normalized spacial score (nSPS) is 17.2. The predicted molar refractivity (Wildman–Crippen MR) is 131 cm³/mol. The molecule has 0 radical (unpaired) electrons. The summed E-state index contributed by atoms with van der Waals surface area (Å²) in [5.74, 6) is -1.23. The number of piperazine rings is 1. The van der Waals surface area contributed by atoms with Crippen molar-refractivity contribution in [1.29, 1.82) is 5.26 Å². The standard InChI is InChI=1S/C25H29F3N4O3S/c1-17-20(7-5-3-2-4-6-10-30-11-13-31(14-12-30)24(35)36)23(34)32(22(17)33)19-9-8-18(16-29)21(15-19)25(26,27)28/h8-9,15H,2-7,10-14H2,1H3,(H,35,36). The number of imide groups is 1. The van der Waals surface area contributed by atoms with Crippen LogP contribution in [0.25, 0.3) is 0 Å². The van der Waals surface area contributed by atoms with Crippen LogP contribution in [-0.4, -0.2) is 59.6 Å². The number of thiol groups is 1. The minimum absolute atomic E-state index is 0.187. The maximum Gasteiger partial charge on any atom is 0.417 e. The Bertz CT molecular complexity index is 1090. The summed E-state index contributed by atoms with van der Waals surface area (Å²) in [7, 11) is 0. The van der Waals surface area contributed by atoms with Crippen molar-refractivity contribution in [1.82, 2.24) is 9.80 Å². The van der Waals surface area contributed by atoms with E-state index in [1.165, 1.54) is 19.1 Å². The lowest BCUT2D eigenvalue weighted by Crippen LogP contribution is -2.47. The molecule has 0 unspecified atom stereocenters. The number of nitriles is 1. The number of rotatable bonds is 9. The minimum atomic E-state index is -4.78. The Kier molecular flexibility index (Phi) is 9.19. The minimum Gasteiger partial charge on any atom is -0.331 e. The van der Waals surface area contributed by atoms with Crippen LogP contribution in [0, 0.1) is 11.3 Å². The van der Waals surface area contributed by atoms with Gasteiger partial charge in [0.2, 0.25) is 0 Å². The van der Waals surface area contributed by atoms with Gasteiger partial charge in [0.25, 0.3) is 17.1 Å². The van der Waals surface area contributed by atoms with Crippen molar-refractivity contribution in [2.75, 3.05) is 37.6 Å². The highest BCUT2D eigenvalue weighted by Crippen LogP contribution is 2.37. The van der Waals surface area contributed by atoms with Gasteiger partial charge in [-0.1, -0.05) is 31.9 Å². The van der Waals surface area contributed by atoms with Crippen LogP contribution in [0.1, 0.15) is 56.6 Å². The van der Waals surface area contributed by atoms with E-state index in [-0.39, 0.29) is 16.5 Å². The predicted octanol–water partition coefficient (Wildman–Crippen LogP) is 4.77. The van der Waals surface area contributed by atoms with E-state index in [0.29, 0.717) is 37.6 Å². The lowest BCUT2D eigenvalue weighted by atomic mass is 10.0. The Morgan fingerprint density at radius 1 is 1.03 bits per heavy atom. The summed E-state index contributed by atoms with van der Waals surface area (Å²) in [4.78, 5) is 41.7. The lowest BCUT2D eigenvalue weighted by Gasteiger charge is -2.33. The Balaban J connectivity index is 1.46. The summed E-state index contributed by atoms with van der Waals surface area (Å²) in [5.41, 5.74) is -1.35. The molecule has 11 heteroatoms. The van der Waals surface area contributed by atoms with Gasteiger partial charge in [-0.2, -0.15) is 18.4 Å². The first kappa shape index (κ1) is 27.7. The number of nitrogens with zero attached hydrogens (tertiary/aromatic N) is 4. The van der Waals surface area contributed by atoms with Crippen molar-refractivity contribution >= 4 is 35.4 Å². The molecule has 2 aliphatic rings. The lowest BCUT2D eigenvalue weighted by molar-refractivity contribution is -0.138. The monoisotopic (exact) mass is 522 g/mol. The van der Waals surface area contributed by atoms with E-state index in [1.54, 1.807) is 4.90 Å². The van der Waals surface area contributed by atoms with E-state index < -0.39 is 29.1 Å². The fourth-order valence-electron chi connectivity index (χ4n) is 4.55. The van der Waals surface area contributed by atoms with Crippen LogP contribution in [0.3, 0.4) is 0 Å². The van der Waals surface area contributed by atoms with Gasteiger partial charge in [-0.05, 0) is 50.9 Å². The van der Waals surface area contributed by atoms with Crippen LogP contribution in [-0.2, 0) is 15.8 Å². The van der Waals surface area contributed by atoms with E-state index >= 15 is 0 Å². The van der Waals surface area contributed by atoms with Crippen molar-refractivity contribution in [3.8, 4) is 6.07 Å². The van der Waals surface area contributed by atoms with Crippen molar-refractivity contribution in [2.24, 2.45) is 0 Å². The summed E-state index contributed by atoms with van der Waals surface area (Å²) < 4.78 is 40.0. The molecule has 0 aromatic heterocycles. The molecule has 1 saturated heterocycles. The number of amides is 3. The molecule has 36 heavy (non-hydrogen) atoms. The number of anilines is 1. The maximum atomic E-state index is 13.3. The highest BCUT2D eigenvalue weighted by Gasteiger charge is 2.39. The first-order chi connectivity index (χ1) is 17.0. The van der Waals surface area contributed by atoms with Gasteiger partial charge in [0.1, 0.15) is 0 Å². The fraction of sp³-hybridized carbons (Fsp3) is 0.520. The molecule has 3 rings (SSSR count). The van der Waals surface area contributed by atoms with E-state index in [1.807, 2.05) is 0 Å². The number of carbonyl (C=O) groups is 3. The van der Waals surface area contributed by atoms with E-state index in [2.05, 4.69) is 17.5 Å². The number of halogens is 3. The topological polar surface area (TPSA) is 84.7 Å². The van der Waals surface area contributed by atoms with Crippen LogP contribution in [0.15, 0.2) is 29.3 Å².